The van der Waals surface area contributed by atoms with Crippen LogP contribution in [-0.4, -0.2) is 54.0 Å². The number of nitrogens with one attached hydrogen (secondary N) is 2. The van der Waals surface area contributed by atoms with Crippen LogP contribution in [0.4, 0.5) is 33.3 Å². The van der Waals surface area contributed by atoms with E-state index in [4.69, 9.17) is 19.7 Å². The van der Waals surface area contributed by atoms with Crippen LogP contribution < -0.4 is 16.4 Å². The van der Waals surface area contributed by atoms with Crippen molar-refractivity contribution in [2.24, 2.45) is 0 Å². The van der Waals surface area contributed by atoms with Gasteiger partial charge in [0.15, 0.2) is 22.2 Å². The van der Waals surface area contributed by atoms with E-state index in [1.165, 1.54) is 36.4 Å². The van der Waals surface area contributed by atoms with Crippen LogP contribution in [0.5, 0.6) is 0 Å². The van der Waals surface area contributed by atoms with Gasteiger partial charge < -0.3 is 16.4 Å². The lowest BCUT2D eigenvalue weighted by Crippen LogP contribution is -2.11. The average molecular weight is 565 g/mol. The largest absolute Gasteiger partial charge is 0.398 e. The Morgan fingerprint density at radius 3 is 2.17 bits per heavy atom. The first kappa shape index (κ1) is 27.4. The molecule has 1 heterocycles. The molecule has 3 rings (SSSR count). The highest BCUT2D eigenvalue weighted by Gasteiger charge is 2.16. The molecule has 0 radical (unpaired) electrons. The molecule has 0 aliphatic rings. The molecule has 1 aromatic heterocycles. The van der Waals surface area contributed by atoms with Gasteiger partial charge >= 0.3 is 6.08 Å². The van der Waals surface area contributed by atoms with Gasteiger partial charge in [0.25, 0.3) is 10.1 Å². The van der Waals surface area contributed by atoms with Crippen molar-refractivity contribution in [3.05, 3.63) is 48.5 Å². The quantitative estimate of drug-likeness (QED) is 0.0530. The Morgan fingerprint density at radius 1 is 0.972 bits per heavy atom. The summed E-state index contributed by atoms with van der Waals surface area (Å²) < 4.78 is 78.9. The molecule has 0 fully saturated rings. The Balaban J connectivity index is 1.69. The number of aromatic nitrogens is 3. The third-order valence-corrected chi connectivity index (χ3v) is 7.16. The lowest BCUT2D eigenvalue weighted by Gasteiger charge is -2.10. The molecule has 3 aromatic rings. The number of halogens is 1. The monoisotopic (exact) mass is 564 g/mol. The summed E-state index contributed by atoms with van der Waals surface area (Å²) in [6.07, 6.45) is -1.15. The van der Waals surface area contributed by atoms with Crippen molar-refractivity contribution < 1.29 is 44.6 Å². The number of nitrogens with two attached hydrogens (primary N) is 1. The normalized spacial score (nSPS) is 11.9. The maximum atomic E-state index is 13.9. The van der Waals surface area contributed by atoms with Crippen LogP contribution in [0.3, 0.4) is 0 Å². The van der Waals surface area contributed by atoms with Crippen LogP contribution in [-0.2, 0) is 33.5 Å². The smallest absolute Gasteiger partial charge is 0.315 e. The topological polar surface area (TPSA) is 225 Å². The zero-order valence-electron chi connectivity index (χ0n) is 17.7. The van der Waals surface area contributed by atoms with Crippen molar-refractivity contribution in [3.8, 4) is 0 Å². The number of nitrogen functional groups attached to an aromatic ring is 1. The van der Waals surface area contributed by atoms with Gasteiger partial charge in [-0.15, -0.1) is 4.33 Å². The van der Waals surface area contributed by atoms with Gasteiger partial charge in [-0.05, 0) is 42.5 Å². The van der Waals surface area contributed by atoms with Gasteiger partial charge in [0.2, 0.25) is 11.9 Å². The Morgan fingerprint density at radius 2 is 1.58 bits per heavy atom. The summed E-state index contributed by atoms with van der Waals surface area (Å²) in [7, 11) is -8.22. The number of benzene rings is 2. The van der Waals surface area contributed by atoms with Crippen molar-refractivity contribution in [3.63, 3.8) is 0 Å². The van der Waals surface area contributed by atoms with Crippen LogP contribution >= 0.6 is 12.3 Å². The number of rotatable bonds is 12. The molecule has 15 nitrogen and oxygen atoms in total. The number of nitrogens with zero attached hydrogens (tertiary/aromatic N) is 3. The van der Waals surface area contributed by atoms with Crippen LogP contribution in [0, 0.1) is 6.08 Å². The van der Waals surface area contributed by atoms with Gasteiger partial charge in [0, 0.05) is 11.4 Å². The number of sulfone groups is 1. The maximum absolute atomic E-state index is 13.9. The first-order chi connectivity index (χ1) is 17.0. The van der Waals surface area contributed by atoms with Gasteiger partial charge in [0.05, 0.1) is 22.9 Å². The zero-order valence-corrected chi connectivity index (χ0v) is 20.2. The van der Waals surface area contributed by atoms with Crippen molar-refractivity contribution in [1.82, 2.24) is 15.0 Å². The number of hydrogen-bond donors (Lipinski definition) is 5. The second kappa shape index (κ2) is 11.7. The molecule has 6 N–H and O–H groups in total. The second-order valence-corrected chi connectivity index (χ2v) is 10.6. The summed E-state index contributed by atoms with van der Waals surface area (Å²) in [6, 6.07) is 8.87. The van der Waals surface area contributed by atoms with E-state index in [9.17, 15) is 21.2 Å². The highest BCUT2D eigenvalue weighted by molar-refractivity contribution is 7.91. The summed E-state index contributed by atoms with van der Waals surface area (Å²) in [6.45, 7) is -0.250. The van der Waals surface area contributed by atoms with Gasteiger partial charge in [-0.1, -0.05) is 5.04 Å². The first-order valence-corrected chi connectivity index (χ1v) is 13.2. The van der Waals surface area contributed by atoms with E-state index >= 15 is 0 Å². The lowest BCUT2D eigenvalue weighted by atomic mass is 10.3. The predicted molar refractivity (Wildman–Crippen MR) is 124 cm³/mol. The van der Waals surface area contributed by atoms with E-state index in [0.29, 0.717) is 5.69 Å². The molecule has 0 saturated heterocycles. The van der Waals surface area contributed by atoms with Crippen LogP contribution in [0.25, 0.3) is 0 Å². The molecular formula is C17H17FN6O9S3. The van der Waals surface area contributed by atoms with Gasteiger partial charge in [-0.2, -0.15) is 27.8 Å². The molecule has 0 saturated carbocycles. The molecule has 194 valence electrons. The van der Waals surface area contributed by atoms with Gasteiger partial charge in [0.1, 0.15) is 4.90 Å². The molecule has 0 bridgehead atoms. The Bertz CT molecular complexity index is 1430. The molecular weight excluding hydrogens is 547 g/mol. The molecule has 0 spiro atoms. The fraction of sp³-hybridized carbons (Fsp3) is 0.118. The minimum atomic E-state index is -4.52. The molecule has 2 aromatic carbocycles. The molecule has 19 heteroatoms. The fourth-order valence-electron chi connectivity index (χ4n) is 2.65. The summed E-state index contributed by atoms with van der Waals surface area (Å²) in [4.78, 5) is 10.5. The Labute approximate surface area is 207 Å². The van der Waals surface area contributed by atoms with Gasteiger partial charge in [-0.25, -0.2) is 13.7 Å². The van der Waals surface area contributed by atoms with Crippen LogP contribution in [0.2, 0.25) is 0 Å². The highest BCUT2D eigenvalue weighted by Crippen LogP contribution is 2.24. The van der Waals surface area contributed by atoms with E-state index in [1.54, 1.807) is 0 Å². The van der Waals surface area contributed by atoms with Crippen LogP contribution in [0.15, 0.2) is 52.3 Å². The number of anilines is 5. The number of hydrogen-bond acceptors (Lipinski definition) is 15. The third kappa shape index (κ3) is 7.66. The molecule has 0 amide bonds. The van der Waals surface area contributed by atoms with E-state index in [1.807, 2.05) is 0 Å². The van der Waals surface area contributed by atoms with E-state index in [-0.39, 0.29) is 52.9 Å². The average Bonchev–Trinajstić information content (AvgIpc) is 2.78. The summed E-state index contributed by atoms with van der Waals surface area (Å²) in [5, 5.41) is 16.6. The predicted octanol–water partition coefficient (Wildman–Crippen LogP) is 2.10. The second-order valence-electron chi connectivity index (χ2n) is 6.61. The Hall–Kier alpha value is -3.17. The van der Waals surface area contributed by atoms with Crippen molar-refractivity contribution >= 4 is 61.2 Å². The summed E-state index contributed by atoms with van der Waals surface area (Å²) in [5.74, 6) is -0.860. The third-order valence-electron chi connectivity index (χ3n) is 4.16. The first-order valence-electron chi connectivity index (χ1n) is 9.40. The van der Waals surface area contributed by atoms with Crippen molar-refractivity contribution in [2.45, 2.75) is 9.79 Å². The molecule has 36 heavy (non-hydrogen) atoms. The lowest BCUT2D eigenvalue weighted by molar-refractivity contribution is -0.434. The standard InChI is InChI=1S/C17H17FN6O9S3/c18-15-22-16(24-17(23-15)21-11-3-6-14(13(19)9-11)36(28,29)30)20-10-1-4-12(5-2-10)35(26,27)8-7-31-34-33-32-25/h1-6,9,25H,7-8,19H2,(H,28,29,30)(H2,20,21,22,23,24). The van der Waals surface area contributed by atoms with Crippen molar-refractivity contribution in [2.75, 3.05) is 28.7 Å². The zero-order chi connectivity index (χ0) is 26.3. The summed E-state index contributed by atoms with van der Waals surface area (Å²) >= 11 is 0.256. The molecule has 0 unspecified atom stereocenters. The molecule has 0 aliphatic heterocycles. The SMILES string of the molecule is Nc1cc(Nc2nc(F)nc(Nc3ccc(S(=O)(=O)CCOSOOO)cc3)n2)ccc1S(=O)(=O)O. The molecule has 0 aliphatic carbocycles. The van der Waals surface area contributed by atoms with Crippen LogP contribution in [0.1, 0.15) is 0 Å². The summed E-state index contributed by atoms with van der Waals surface area (Å²) in [5.41, 5.74) is 5.89. The van der Waals surface area contributed by atoms with E-state index in [0.717, 1.165) is 6.07 Å². The van der Waals surface area contributed by atoms with E-state index < -0.39 is 30.9 Å². The Kier molecular flexibility index (Phi) is 8.92. The van der Waals surface area contributed by atoms with Gasteiger partial charge in [-0.3, -0.25) is 8.74 Å². The maximum Gasteiger partial charge on any atom is 0.315 e. The van der Waals surface area contributed by atoms with Crippen molar-refractivity contribution in [1.29, 1.82) is 0 Å². The fourth-order valence-corrected chi connectivity index (χ4v) is 4.66. The highest BCUT2D eigenvalue weighted by atomic mass is 32.2. The van der Waals surface area contributed by atoms with E-state index in [2.05, 4.69) is 35.0 Å². The minimum Gasteiger partial charge on any atom is -0.398 e. The minimum absolute atomic E-state index is 0.0175. The molecule has 0 atom stereocenters.